The van der Waals surface area contributed by atoms with Crippen molar-refractivity contribution in [3.05, 3.63) is 80.8 Å². The zero-order valence-electron chi connectivity index (χ0n) is 18.9. The number of nitrogens with zero attached hydrogens (tertiary/aromatic N) is 3. The van der Waals surface area contributed by atoms with Crippen LogP contribution in [0.1, 0.15) is 51.6 Å². The molecule has 1 amide bonds. The molecule has 174 valence electrons. The second-order valence-electron chi connectivity index (χ2n) is 9.22. The average Bonchev–Trinajstić information content (AvgIpc) is 3.31. The normalized spacial score (nSPS) is 16.8. The maximum atomic E-state index is 14.1. The number of benzene rings is 2. The van der Waals surface area contributed by atoms with Crippen LogP contribution in [0.15, 0.2) is 41.3 Å². The van der Waals surface area contributed by atoms with E-state index < -0.39 is 0 Å². The highest BCUT2D eigenvalue weighted by molar-refractivity contribution is 5.99. The molecular formula is C26H25FN4O3. The summed E-state index contributed by atoms with van der Waals surface area (Å²) in [6, 6.07) is 8.73. The van der Waals surface area contributed by atoms with E-state index in [9.17, 15) is 14.0 Å². The van der Waals surface area contributed by atoms with Crippen molar-refractivity contribution >= 4 is 22.5 Å². The number of hydrogen-bond donors (Lipinski definition) is 1. The lowest BCUT2D eigenvalue weighted by molar-refractivity contribution is 0.0733. The maximum Gasteiger partial charge on any atom is 0.274 e. The van der Waals surface area contributed by atoms with Gasteiger partial charge in [-0.3, -0.25) is 14.0 Å². The molecule has 34 heavy (non-hydrogen) atoms. The molecule has 1 saturated heterocycles. The molecule has 0 unspecified atom stereocenters. The molecule has 2 aliphatic rings. The third-order valence-electron chi connectivity index (χ3n) is 7.17. The van der Waals surface area contributed by atoms with Gasteiger partial charge in [0.2, 0.25) is 0 Å². The molecule has 4 heterocycles. The Hall–Kier alpha value is -3.52. The van der Waals surface area contributed by atoms with E-state index in [0.29, 0.717) is 54.9 Å². The van der Waals surface area contributed by atoms with Crippen molar-refractivity contribution in [2.75, 3.05) is 19.8 Å². The Morgan fingerprint density at radius 3 is 2.85 bits per heavy atom. The summed E-state index contributed by atoms with van der Waals surface area (Å²) in [5, 5.41) is 0. The Morgan fingerprint density at radius 2 is 2.03 bits per heavy atom. The standard InChI is InChI=1S/C26H25FN4O3/c1-15-11-22-21(29-25(32)23-13-28-24(31(22)23)16-6-9-34-10-7-16)12-19(15)26(33)30-8-5-18-17(14-30)3-2-4-20(18)27/h2-4,11-13,16H,5-10,14H2,1H3,(H,29,32). The molecule has 2 aromatic heterocycles. The van der Waals surface area contributed by atoms with Crippen molar-refractivity contribution in [2.24, 2.45) is 0 Å². The minimum atomic E-state index is -0.233. The molecule has 6 rings (SSSR count). The molecule has 0 bridgehead atoms. The van der Waals surface area contributed by atoms with Gasteiger partial charge in [0.25, 0.3) is 11.5 Å². The van der Waals surface area contributed by atoms with Crippen LogP contribution in [0.3, 0.4) is 0 Å². The number of halogens is 1. The fraction of sp³-hybridized carbons (Fsp3) is 0.346. The first kappa shape index (κ1) is 21.0. The molecule has 0 spiro atoms. The average molecular weight is 461 g/mol. The number of hydrogen-bond acceptors (Lipinski definition) is 4. The van der Waals surface area contributed by atoms with Gasteiger partial charge in [-0.05, 0) is 61.1 Å². The number of aromatic amines is 1. The largest absolute Gasteiger partial charge is 0.381 e. The van der Waals surface area contributed by atoms with Gasteiger partial charge in [0, 0.05) is 37.8 Å². The van der Waals surface area contributed by atoms with Crippen molar-refractivity contribution in [2.45, 2.75) is 38.6 Å². The summed E-state index contributed by atoms with van der Waals surface area (Å²) >= 11 is 0. The number of ether oxygens (including phenoxy) is 1. The number of amides is 1. The van der Waals surface area contributed by atoms with Crippen LogP contribution >= 0.6 is 0 Å². The molecule has 2 aliphatic heterocycles. The van der Waals surface area contributed by atoms with Crippen LogP contribution < -0.4 is 5.56 Å². The van der Waals surface area contributed by atoms with Gasteiger partial charge in [-0.1, -0.05) is 12.1 Å². The highest BCUT2D eigenvalue weighted by atomic mass is 19.1. The number of rotatable bonds is 2. The second-order valence-corrected chi connectivity index (χ2v) is 9.22. The molecule has 0 atom stereocenters. The zero-order chi connectivity index (χ0) is 23.4. The lowest BCUT2D eigenvalue weighted by atomic mass is 9.97. The van der Waals surface area contributed by atoms with Gasteiger partial charge in [0.05, 0.1) is 17.2 Å². The summed E-state index contributed by atoms with van der Waals surface area (Å²) in [5.74, 6) is 0.749. The van der Waals surface area contributed by atoms with Crippen LogP contribution in [-0.2, 0) is 17.7 Å². The van der Waals surface area contributed by atoms with Crippen LogP contribution in [-0.4, -0.2) is 44.9 Å². The van der Waals surface area contributed by atoms with E-state index in [4.69, 9.17) is 4.74 Å². The van der Waals surface area contributed by atoms with Crippen molar-refractivity contribution in [1.82, 2.24) is 19.3 Å². The lowest BCUT2D eigenvalue weighted by Gasteiger charge is -2.29. The lowest BCUT2D eigenvalue weighted by Crippen LogP contribution is -2.36. The number of carbonyl (C=O) groups is 1. The van der Waals surface area contributed by atoms with Crippen LogP contribution in [0.2, 0.25) is 0 Å². The summed E-state index contributed by atoms with van der Waals surface area (Å²) in [4.78, 5) is 35.6. The molecule has 2 aromatic carbocycles. The maximum absolute atomic E-state index is 14.1. The Morgan fingerprint density at radius 1 is 1.21 bits per heavy atom. The van der Waals surface area contributed by atoms with Crippen LogP contribution in [0.5, 0.6) is 0 Å². The fourth-order valence-electron chi connectivity index (χ4n) is 5.32. The predicted molar refractivity (Wildman–Crippen MR) is 126 cm³/mol. The number of imidazole rings is 1. The number of aromatic nitrogens is 3. The Bertz CT molecular complexity index is 1500. The van der Waals surface area contributed by atoms with E-state index in [0.717, 1.165) is 35.3 Å². The van der Waals surface area contributed by atoms with Crippen molar-refractivity contribution < 1.29 is 13.9 Å². The quantitative estimate of drug-likeness (QED) is 0.495. The van der Waals surface area contributed by atoms with E-state index in [2.05, 4.69) is 9.97 Å². The first-order chi connectivity index (χ1) is 16.5. The number of nitrogens with one attached hydrogen (secondary N) is 1. The summed E-state index contributed by atoms with van der Waals surface area (Å²) in [6.07, 6.45) is 3.84. The molecule has 0 aliphatic carbocycles. The molecule has 1 N–H and O–H groups in total. The van der Waals surface area contributed by atoms with Crippen molar-refractivity contribution in [1.29, 1.82) is 0 Å². The van der Waals surface area contributed by atoms with Gasteiger partial charge in [-0.2, -0.15) is 0 Å². The van der Waals surface area contributed by atoms with Gasteiger partial charge < -0.3 is 14.6 Å². The molecule has 1 fully saturated rings. The highest BCUT2D eigenvalue weighted by Gasteiger charge is 2.26. The summed E-state index contributed by atoms with van der Waals surface area (Å²) < 4.78 is 21.6. The first-order valence-corrected chi connectivity index (χ1v) is 11.7. The molecular weight excluding hydrogens is 435 g/mol. The van der Waals surface area contributed by atoms with Crippen molar-refractivity contribution in [3.8, 4) is 0 Å². The highest BCUT2D eigenvalue weighted by Crippen LogP contribution is 2.30. The van der Waals surface area contributed by atoms with E-state index in [1.54, 1.807) is 23.2 Å². The molecule has 4 aromatic rings. The Labute approximate surface area is 195 Å². The van der Waals surface area contributed by atoms with Gasteiger partial charge in [-0.25, -0.2) is 9.37 Å². The number of H-pyrrole nitrogens is 1. The van der Waals surface area contributed by atoms with Crippen LogP contribution in [0.25, 0.3) is 16.6 Å². The number of fused-ring (bicyclic) bond motifs is 4. The van der Waals surface area contributed by atoms with Gasteiger partial charge in [0.15, 0.2) is 0 Å². The van der Waals surface area contributed by atoms with Gasteiger partial charge in [-0.15, -0.1) is 0 Å². The third-order valence-corrected chi connectivity index (χ3v) is 7.17. The van der Waals surface area contributed by atoms with E-state index in [1.165, 1.54) is 6.07 Å². The summed E-state index contributed by atoms with van der Waals surface area (Å²) in [5.41, 5.74) is 4.58. The van der Waals surface area contributed by atoms with E-state index in [-0.39, 0.29) is 23.2 Å². The van der Waals surface area contributed by atoms with Gasteiger partial charge >= 0.3 is 0 Å². The Balaban J connectivity index is 1.42. The minimum absolute atomic E-state index is 0.120. The molecule has 7 nitrogen and oxygen atoms in total. The minimum Gasteiger partial charge on any atom is -0.381 e. The van der Waals surface area contributed by atoms with Crippen LogP contribution in [0, 0.1) is 12.7 Å². The summed E-state index contributed by atoms with van der Waals surface area (Å²) in [6.45, 7) is 4.10. The first-order valence-electron chi connectivity index (χ1n) is 11.7. The summed E-state index contributed by atoms with van der Waals surface area (Å²) in [7, 11) is 0. The molecule has 8 heteroatoms. The predicted octanol–water partition coefficient (Wildman–Crippen LogP) is 3.72. The molecule has 0 radical (unpaired) electrons. The Kier molecular flexibility index (Phi) is 4.99. The third kappa shape index (κ3) is 3.32. The smallest absolute Gasteiger partial charge is 0.274 e. The SMILES string of the molecule is Cc1cc2c(cc1C(=O)N1CCc3c(F)cccc3C1)[nH]c(=O)c1cnc(C3CCOCC3)n12. The van der Waals surface area contributed by atoms with E-state index in [1.807, 2.05) is 23.5 Å². The fourth-order valence-corrected chi connectivity index (χ4v) is 5.32. The van der Waals surface area contributed by atoms with Gasteiger partial charge in [0.1, 0.15) is 17.2 Å². The van der Waals surface area contributed by atoms with Crippen molar-refractivity contribution in [3.63, 3.8) is 0 Å². The number of aryl methyl sites for hydroxylation is 1. The van der Waals surface area contributed by atoms with Crippen LogP contribution in [0.4, 0.5) is 4.39 Å². The number of carbonyl (C=O) groups excluding carboxylic acids is 1. The van der Waals surface area contributed by atoms with E-state index >= 15 is 0 Å². The molecule has 0 saturated carbocycles. The topological polar surface area (TPSA) is 79.7 Å². The monoisotopic (exact) mass is 460 g/mol. The second kappa shape index (κ2) is 8.06. The zero-order valence-corrected chi connectivity index (χ0v) is 18.9.